The van der Waals surface area contributed by atoms with Crippen LogP contribution in [-0.4, -0.2) is 42.3 Å². The summed E-state index contributed by atoms with van der Waals surface area (Å²) in [5.74, 6) is -0.843. The van der Waals surface area contributed by atoms with Crippen molar-refractivity contribution in [3.05, 3.63) is 52.2 Å². The van der Waals surface area contributed by atoms with E-state index >= 15 is 0 Å². The van der Waals surface area contributed by atoms with Crippen molar-refractivity contribution in [2.24, 2.45) is 5.41 Å². The van der Waals surface area contributed by atoms with Crippen LogP contribution in [0.3, 0.4) is 0 Å². The second-order valence-corrected chi connectivity index (χ2v) is 8.89. The number of likely N-dealkylation sites (tertiary alicyclic amines) is 1. The number of carbonyl (C=O) groups is 3. The summed E-state index contributed by atoms with van der Waals surface area (Å²) in [7, 11) is 0. The predicted molar refractivity (Wildman–Crippen MR) is 109 cm³/mol. The number of aryl methyl sites for hydroxylation is 1. The Kier molecular flexibility index (Phi) is 5.12. The average molecular weight is 415 g/mol. The van der Waals surface area contributed by atoms with Gasteiger partial charge in [-0.3, -0.25) is 14.4 Å². The Hall–Kier alpha value is -2.74. The normalized spacial score (nSPS) is 18.0. The van der Waals surface area contributed by atoms with Crippen LogP contribution in [0.25, 0.3) is 0 Å². The average Bonchev–Trinajstić information content (AvgIpc) is 3.24. The molecule has 0 saturated carbocycles. The molecule has 2 aromatic rings. The van der Waals surface area contributed by atoms with E-state index in [0.717, 1.165) is 18.4 Å². The van der Waals surface area contributed by atoms with Gasteiger partial charge in [0.2, 0.25) is 5.91 Å². The van der Waals surface area contributed by atoms with Crippen LogP contribution in [0.2, 0.25) is 0 Å². The molecule has 152 valence electrons. The highest BCUT2D eigenvalue weighted by Crippen LogP contribution is 2.38. The molecule has 1 spiro atoms. The summed E-state index contributed by atoms with van der Waals surface area (Å²) in [6.07, 6.45) is 2.17. The van der Waals surface area contributed by atoms with E-state index in [-0.39, 0.29) is 22.8 Å². The van der Waals surface area contributed by atoms with Gasteiger partial charge in [-0.15, -0.1) is 11.3 Å². The first kappa shape index (κ1) is 19.6. The molecule has 0 bridgehead atoms. The molecule has 29 heavy (non-hydrogen) atoms. The zero-order valence-electron chi connectivity index (χ0n) is 16.1. The molecule has 3 heterocycles. The van der Waals surface area contributed by atoms with Gasteiger partial charge < -0.3 is 15.5 Å². The quantitative estimate of drug-likeness (QED) is 0.808. The standard InChI is InChI=1S/C21H22FN3O3S/c1-13-9-17(24-19(27)14-3-2-4-15(22)10-14)29-18(13)20(28)25-7-5-21(6-8-25)11-16(26)23-12-21/h2-4,9-10H,5-8,11-12H2,1H3,(H,23,26)(H,24,27). The lowest BCUT2D eigenvalue weighted by Crippen LogP contribution is -2.44. The number of rotatable bonds is 3. The lowest BCUT2D eigenvalue weighted by molar-refractivity contribution is -0.119. The molecule has 3 amide bonds. The molecule has 6 nitrogen and oxygen atoms in total. The number of thiophene rings is 1. The van der Waals surface area contributed by atoms with Crippen LogP contribution in [0.15, 0.2) is 30.3 Å². The van der Waals surface area contributed by atoms with Gasteiger partial charge in [0.05, 0.1) is 9.88 Å². The molecule has 0 radical (unpaired) electrons. The maximum Gasteiger partial charge on any atom is 0.264 e. The van der Waals surface area contributed by atoms with Crippen molar-refractivity contribution in [3.63, 3.8) is 0 Å². The van der Waals surface area contributed by atoms with Crippen molar-refractivity contribution in [3.8, 4) is 0 Å². The number of piperidine rings is 1. The van der Waals surface area contributed by atoms with E-state index in [1.807, 2.05) is 11.8 Å². The van der Waals surface area contributed by atoms with Gasteiger partial charge in [0, 0.05) is 31.6 Å². The zero-order chi connectivity index (χ0) is 20.6. The Balaban J connectivity index is 1.42. The van der Waals surface area contributed by atoms with Crippen LogP contribution >= 0.6 is 11.3 Å². The molecule has 0 unspecified atom stereocenters. The highest BCUT2D eigenvalue weighted by atomic mass is 32.1. The van der Waals surface area contributed by atoms with Crippen molar-refractivity contribution in [2.75, 3.05) is 25.0 Å². The fraction of sp³-hybridized carbons (Fsp3) is 0.381. The lowest BCUT2D eigenvalue weighted by atomic mass is 9.77. The van der Waals surface area contributed by atoms with E-state index in [1.165, 1.54) is 35.6 Å². The first-order valence-corrected chi connectivity index (χ1v) is 10.4. The van der Waals surface area contributed by atoms with E-state index in [0.29, 0.717) is 35.9 Å². The molecule has 2 N–H and O–H groups in total. The SMILES string of the molecule is Cc1cc(NC(=O)c2cccc(F)c2)sc1C(=O)N1CCC2(CC1)CNC(=O)C2. The van der Waals surface area contributed by atoms with Crippen LogP contribution in [0.5, 0.6) is 0 Å². The summed E-state index contributed by atoms with van der Waals surface area (Å²) in [6, 6.07) is 7.24. The number of benzene rings is 1. The van der Waals surface area contributed by atoms with E-state index in [4.69, 9.17) is 0 Å². The topological polar surface area (TPSA) is 78.5 Å². The molecule has 2 fully saturated rings. The van der Waals surface area contributed by atoms with Gasteiger partial charge >= 0.3 is 0 Å². The minimum atomic E-state index is -0.474. The van der Waals surface area contributed by atoms with Gasteiger partial charge in [-0.25, -0.2) is 4.39 Å². The maximum atomic E-state index is 13.3. The van der Waals surface area contributed by atoms with E-state index in [2.05, 4.69) is 10.6 Å². The summed E-state index contributed by atoms with van der Waals surface area (Å²) < 4.78 is 13.3. The Bertz CT molecular complexity index is 979. The van der Waals surface area contributed by atoms with Crippen molar-refractivity contribution in [2.45, 2.75) is 26.2 Å². The summed E-state index contributed by atoms with van der Waals surface area (Å²) >= 11 is 1.23. The third-order valence-corrected chi connectivity index (χ3v) is 6.88. The molecule has 0 atom stereocenters. The van der Waals surface area contributed by atoms with Crippen molar-refractivity contribution in [1.82, 2.24) is 10.2 Å². The number of nitrogens with one attached hydrogen (secondary N) is 2. The number of anilines is 1. The third-order valence-electron chi connectivity index (χ3n) is 5.74. The minimum Gasteiger partial charge on any atom is -0.356 e. The second-order valence-electron chi connectivity index (χ2n) is 7.83. The Morgan fingerprint density at radius 3 is 2.66 bits per heavy atom. The first-order valence-electron chi connectivity index (χ1n) is 9.59. The van der Waals surface area contributed by atoms with Crippen LogP contribution in [0.1, 0.15) is 44.9 Å². The molecule has 8 heteroatoms. The van der Waals surface area contributed by atoms with E-state index in [1.54, 1.807) is 6.07 Å². The van der Waals surface area contributed by atoms with Crippen LogP contribution in [0.4, 0.5) is 9.39 Å². The number of hydrogen-bond donors (Lipinski definition) is 2. The second kappa shape index (κ2) is 7.59. The molecule has 4 rings (SSSR count). The fourth-order valence-corrected chi connectivity index (χ4v) is 5.04. The molecular formula is C21H22FN3O3S. The molecule has 1 aromatic heterocycles. The molecule has 2 aliphatic rings. The molecule has 0 aliphatic carbocycles. The van der Waals surface area contributed by atoms with Crippen molar-refractivity contribution >= 4 is 34.1 Å². The van der Waals surface area contributed by atoms with Gasteiger partial charge in [0.1, 0.15) is 5.82 Å². The van der Waals surface area contributed by atoms with Crippen LogP contribution < -0.4 is 10.6 Å². The van der Waals surface area contributed by atoms with Gasteiger partial charge in [0.25, 0.3) is 11.8 Å². The van der Waals surface area contributed by atoms with E-state index < -0.39 is 11.7 Å². The number of carbonyl (C=O) groups excluding carboxylic acids is 3. The number of amides is 3. The highest BCUT2D eigenvalue weighted by Gasteiger charge is 2.42. The minimum absolute atomic E-state index is 0.0115. The monoisotopic (exact) mass is 415 g/mol. The van der Waals surface area contributed by atoms with Gasteiger partial charge in [0.15, 0.2) is 0 Å². The Labute approximate surface area is 172 Å². The number of nitrogens with zero attached hydrogens (tertiary/aromatic N) is 1. The fourth-order valence-electron chi connectivity index (χ4n) is 4.00. The van der Waals surface area contributed by atoms with Gasteiger partial charge in [-0.05, 0) is 55.0 Å². The van der Waals surface area contributed by atoms with Crippen molar-refractivity contribution in [1.29, 1.82) is 0 Å². The largest absolute Gasteiger partial charge is 0.356 e. The number of halogens is 1. The van der Waals surface area contributed by atoms with Gasteiger partial charge in [-0.1, -0.05) is 6.07 Å². The number of hydrogen-bond acceptors (Lipinski definition) is 4. The van der Waals surface area contributed by atoms with E-state index in [9.17, 15) is 18.8 Å². The smallest absolute Gasteiger partial charge is 0.264 e. The summed E-state index contributed by atoms with van der Waals surface area (Å²) in [4.78, 5) is 39.3. The lowest BCUT2D eigenvalue weighted by Gasteiger charge is -2.38. The van der Waals surface area contributed by atoms with Crippen LogP contribution in [0, 0.1) is 18.2 Å². The molecular weight excluding hydrogens is 393 g/mol. The Morgan fingerprint density at radius 2 is 2.00 bits per heavy atom. The molecule has 2 aliphatic heterocycles. The molecule has 2 saturated heterocycles. The predicted octanol–water partition coefficient (Wildman–Crippen LogP) is 3.19. The first-order chi connectivity index (χ1) is 13.8. The summed E-state index contributed by atoms with van der Waals surface area (Å²) in [5, 5.41) is 6.20. The summed E-state index contributed by atoms with van der Waals surface area (Å²) in [5.41, 5.74) is 1.01. The summed E-state index contributed by atoms with van der Waals surface area (Å²) in [6.45, 7) is 3.78. The third kappa shape index (κ3) is 4.03. The van der Waals surface area contributed by atoms with Crippen LogP contribution in [-0.2, 0) is 4.79 Å². The Morgan fingerprint density at radius 1 is 1.24 bits per heavy atom. The van der Waals surface area contributed by atoms with Gasteiger partial charge in [-0.2, -0.15) is 0 Å². The molecule has 1 aromatic carbocycles. The highest BCUT2D eigenvalue weighted by molar-refractivity contribution is 7.18. The maximum absolute atomic E-state index is 13.3. The van der Waals surface area contributed by atoms with Crippen molar-refractivity contribution < 1.29 is 18.8 Å². The zero-order valence-corrected chi connectivity index (χ0v) is 16.9.